The van der Waals surface area contributed by atoms with Gasteiger partial charge in [0.05, 0.1) is 18.8 Å². The van der Waals surface area contributed by atoms with Gasteiger partial charge in [0.15, 0.2) is 0 Å². The fourth-order valence-electron chi connectivity index (χ4n) is 2.53. The Labute approximate surface area is 122 Å². The highest BCUT2D eigenvalue weighted by atomic mass is 16.3. The van der Waals surface area contributed by atoms with Crippen LogP contribution in [0.15, 0.2) is 42.6 Å². The molecule has 0 saturated carbocycles. The number of aliphatic hydroxyl groups is 1. The molecule has 2 aromatic heterocycles. The summed E-state index contributed by atoms with van der Waals surface area (Å²) in [7, 11) is 0. The molecular weight excluding hydrogens is 264 g/mol. The number of H-pyrrole nitrogens is 1. The predicted octanol–water partition coefficient (Wildman–Crippen LogP) is 2.42. The van der Waals surface area contributed by atoms with Crippen LogP contribution >= 0.6 is 0 Å². The van der Waals surface area contributed by atoms with Crippen molar-refractivity contribution in [1.82, 2.24) is 20.0 Å². The third-order valence-electron chi connectivity index (χ3n) is 3.52. The van der Waals surface area contributed by atoms with Crippen LogP contribution in [0.1, 0.15) is 23.9 Å². The van der Waals surface area contributed by atoms with Crippen LogP contribution in [0.2, 0.25) is 0 Å². The fourth-order valence-corrected chi connectivity index (χ4v) is 2.53. The summed E-state index contributed by atoms with van der Waals surface area (Å²) < 4.78 is 1.82. The van der Waals surface area contributed by atoms with Crippen LogP contribution < -0.4 is 0 Å². The van der Waals surface area contributed by atoms with Gasteiger partial charge in [-0.05, 0) is 18.6 Å². The molecule has 0 aliphatic rings. The second-order valence-electron chi connectivity index (χ2n) is 5.29. The Hall–Kier alpha value is -2.40. The molecule has 108 valence electrons. The van der Waals surface area contributed by atoms with Crippen molar-refractivity contribution in [2.75, 3.05) is 0 Å². The molecule has 0 aliphatic heterocycles. The number of aliphatic hydroxyl groups excluding tert-OH is 1. The van der Waals surface area contributed by atoms with E-state index in [2.05, 4.69) is 34.0 Å². The summed E-state index contributed by atoms with van der Waals surface area (Å²) in [4.78, 5) is 3.27. The van der Waals surface area contributed by atoms with E-state index < -0.39 is 0 Å². The van der Waals surface area contributed by atoms with Gasteiger partial charge < -0.3 is 10.1 Å². The Morgan fingerprint density at radius 3 is 2.95 bits per heavy atom. The standard InChI is InChI=1S/C16H18N4O/c1-11(2)9-20-16(15(10-21)18-19-20)7-12-8-17-14-6-4-3-5-13(12)14/h3-6,8,17,21H,1,7,9-10H2,2H3. The van der Waals surface area contributed by atoms with Gasteiger partial charge in [0.2, 0.25) is 0 Å². The van der Waals surface area contributed by atoms with Gasteiger partial charge in [-0.2, -0.15) is 0 Å². The van der Waals surface area contributed by atoms with Gasteiger partial charge in [-0.1, -0.05) is 35.6 Å². The van der Waals surface area contributed by atoms with Gasteiger partial charge in [-0.3, -0.25) is 0 Å². The highest BCUT2D eigenvalue weighted by Gasteiger charge is 2.14. The van der Waals surface area contributed by atoms with Crippen molar-refractivity contribution in [2.45, 2.75) is 26.5 Å². The van der Waals surface area contributed by atoms with E-state index in [1.807, 2.05) is 29.9 Å². The molecule has 0 bridgehead atoms. The second kappa shape index (κ2) is 5.54. The van der Waals surface area contributed by atoms with Crippen LogP contribution in [0.3, 0.4) is 0 Å². The third-order valence-corrected chi connectivity index (χ3v) is 3.52. The lowest BCUT2D eigenvalue weighted by atomic mass is 10.1. The average molecular weight is 282 g/mol. The van der Waals surface area contributed by atoms with E-state index in [0.29, 0.717) is 18.7 Å². The van der Waals surface area contributed by atoms with E-state index >= 15 is 0 Å². The Morgan fingerprint density at radius 2 is 2.19 bits per heavy atom. The van der Waals surface area contributed by atoms with Crippen molar-refractivity contribution in [3.05, 3.63) is 59.6 Å². The molecule has 0 aliphatic carbocycles. The molecule has 0 saturated heterocycles. The smallest absolute Gasteiger partial charge is 0.112 e. The van der Waals surface area contributed by atoms with Crippen molar-refractivity contribution in [2.24, 2.45) is 0 Å². The molecule has 2 N–H and O–H groups in total. The summed E-state index contributed by atoms with van der Waals surface area (Å²) in [6, 6.07) is 8.17. The van der Waals surface area contributed by atoms with E-state index in [1.54, 1.807) is 0 Å². The number of allylic oxidation sites excluding steroid dienone is 1. The van der Waals surface area contributed by atoms with Gasteiger partial charge in [-0.15, -0.1) is 5.10 Å². The largest absolute Gasteiger partial charge is 0.390 e. The number of hydrogen-bond donors (Lipinski definition) is 2. The molecule has 21 heavy (non-hydrogen) atoms. The molecule has 5 heteroatoms. The lowest BCUT2D eigenvalue weighted by molar-refractivity contribution is 0.275. The van der Waals surface area contributed by atoms with Crippen molar-refractivity contribution in [3.8, 4) is 0 Å². The van der Waals surface area contributed by atoms with Gasteiger partial charge in [-0.25, -0.2) is 4.68 Å². The number of nitrogens with zero attached hydrogens (tertiary/aromatic N) is 3. The number of aromatic nitrogens is 4. The summed E-state index contributed by atoms with van der Waals surface area (Å²) in [6.07, 6.45) is 2.68. The van der Waals surface area contributed by atoms with E-state index in [1.165, 1.54) is 10.9 Å². The topological polar surface area (TPSA) is 66.7 Å². The van der Waals surface area contributed by atoms with Gasteiger partial charge in [0, 0.05) is 23.5 Å². The van der Waals surface area contributed by atoms with Crippen LogP contribution in [-0.2, 0) is 19.6 Å². The van der Waals surface area contributed by atoms with Crippen LogP contribution in [0.4, 0.5) is 0 Å². The first-order valence-corrected chi connectivity index (χ1v) is 6.90. The summed E-state index contributed by atoms with van der Waals surface area (Å²) in [5.74, 6) is 0. The maximum absolute atomic E-state index is 9.46. The maximum Gasteiger partial charge on any atom is 0.112 e. The highest BCUT2D eigenvalue weighted by Crippen LogP contribution is 2.22. The number of para-hydroxylation sites is 1. The second-order valence-corrected chi connectivity index (χ2v) is 5.29. The SMILES string of the molecule is C=C(C)Cn1nnc(CO)c1Cc1c[nH]c2ccccc12. The number of aromatic amines is 1. The minimum Gasteiger partial charge on any atom is -0.390 e. The molecule has 3 aromatic rings. The normalized spacial score (nSPS) is 11.1. The van der Waals surface area contributed by atoms with Crippen molar-refractivity contribution in [3.63, 3.8) is 0 Å². The lowest BCUT2D eigenvalue weighted by Gasteiger charge is -2.07. The Balaban J connectivity index is 2.00. The monoisotopic (exact) mass is 282 g/mol. The number of rotatable bonds is 5. The molecule has 3 rings (SSSR count). The van der Waals surface area contributed by atoms with E-state index in [-0.39, 0.29) is 6.61 Å². The summed E-state index contributed by atoms with van der Waals surface area (Å²) >= 11 is 0. The van der Waals surface area contributed by atoms with Crippen LogP contribution in [0, 0.1) is 0 Å². The van der Waals surface area contributed by atoms with E-state index in [9.17, 15) is 5.11 Å². The van der Waals surface area contributed by atoms with Crippen molar-refractivity contribution >= 4 is 10.9 Å². The third kappa shape index (κ3) is 2.60. The quantitative estimate of drug-likeness (QED) is 0.706. The fraction of sp³-hybridized carbons (Fsp3) is 0.250. The lowest BCUT2D eigenvalue weighted by Crippen LogP contribution is -2.07. The Bertz CT molecular complexity index is 785. The van der Waals surface area contributed by atoms with Crippen LogP contribution in [-0.4, -0.2) is 25.1 Å². The van der Waals surface area contributed by atoms with Gasteiger partial charge >= 0.3 is 0 Å². The molecule has 0 atom stereocenters. The van der Waals surface area contributed by atoms with E-state index in [0.717, 1.165) is 16.8 Å². The zero-order valence-electron chi connectivity index (χ0n) is 12.0. The number of nitrogens with one attached hydrogen (secondary N) is 1. The Morgan fingerprint density at radius 1 is 1.38 bits per heavy atom. The summed E-state index contributed by atoms with van der Waals surface area (Å²) in [5.41, 5.74) is 4.85. The van der Waals surface area contributed by atoms with Gasteiger partial charge in [0.1, 0.15) is 5.69 Å². The molecule has 1 aromatic carbocycles. The van der Waals surface area contributed by atoms with Gasteiger partial charge in [0.25, 0.3) is 0 Å². The van der Waals surface area contributed by atoms with Crippen molar-refractivity contribution in [1.29, 1.82) is 0 Å². The van der Waals surface area contributed by atoms with Crippen LogP contribution in [0.5, 0.6) is 0 Å². The average Bonchev–Trinajstić information content (AvgIpc) is 3.04. The Kier molecular flexibility index (Phi) is 3.58. The first-order chi connectivity index (χ1) is 10.2. The maximum atomic E-state index is 9.46. The summed E-state index contributed by atoms with van der Waals surface area (Å²) in [6.45, 7) is 6.38. The number of fused-ring (bicyclic) bond motifs is 1. The first kappa shape index (κ1) is 13.6. The predicted molar refractivity (Wildman–Crippen MR) is 81.9 cm³/mol. The number of hydrogen-bond acceptors (Lipinski definition) is 3. The van der Waals surface area contributed by atoms with E-state index in [4.69, 9.17) is 0 Å². The molecular formula is C16H18N4O. The molecule has 0 unspecified atom stereocenters. The number of benzene rings is 1. The summed E-state index contributed by atoms with van der Waals surface area (Å²) in [5, 5.41) is 18.8. The molecule has 0 fully saturated rings. The zero-order valence-corrected chi connectivity index (χ0v) is 12.0. The minimum atomic E-state index is -0.103. The van der Waals surface area contributed by atoms with Crippen molar-refractivity contribution < 1.29 is 5.11 Å². The highest BCUT2D eigenvalue weighted by molar-refractivity contribution is 5.83. The first-order valence-electron chi connectivity index (χ1n) is 6.90. The molecule has 0 spiro atoms. The molecule has 0 amide bonds. The molecule has 0 radical (unpaired) electrons. The molecule has 2 heterocycles. The van der Waals surface area contributed by atoms with Crippen LogP contribution in [0.25, 0.3) is 10.9 Å². The zero-order chi connectivity index (χ0) is 14.8. The minimum absolute atomic E-state index is 0.103. The molecule has 5 nitrogen and oxygen atoms in total.